The van der Waals surface area contributed by atoms with Crippen molar-refractivity contribution < 1.29 is 4.74 Å². The van der Waals surface area contributed by atoms with Crippen LogP contribution in [0.3, 0.4) is 0 Å². The van der Waals surface area contributed by atoms with Gasteiger partial charge in [-0.1, -0.05) is 30.3 Å². The highest BCUT2D eigenvalue weighted by Crippen LogP contribution is 2.18. The zero-order valence-corrected chi connectivity index (χ0v) is 10.3. The lowest BCUT2D eigenvalue weighted by molar-refractivity contribution is 0.563. The molecule has 2 rings (SSSR count). The van der Waals surface area contributed by atoms with Crippen molar-refractivity contribution in [3.63, 3.8) is 0 Å². The maximum atomic E-state index is 6.94. The van der Waals surface area contributed by atoms with Crippen molar-refractivity contribution in [1.29, 1.82) is 0 Å². The van der Waals surface area contributed by atoms with E-state index in [0.717, 1.165) is 5.69 Å². The summed E-state index contributed by atoms with van der Waals surface area (Å²) in [6, 6.07) is 16.4. The van der Waals surface area contributed by atoms with Gasteiger partial charge in [0.1, 0.15) is 5.75 Å². The largest absolute Gasteiger partial charge is 0.432 e. The smallest absolute Gasteiger partial charge is 0.266 e. The molecule has 3 nitrogen and oxygen atoms in total. The number of ether oxygens (including phenoxy) is 1. The van der Waals surface area contributed by atoms with Gasteiger partial charge in [0.25, 0.3) is 5.17 Å². The third-order valence-electron chi connectivity index (χ3n) is 2.18. The number of nitrogens with zero attached hydrogens (tertiary/aromatic N) is 1. The zero-order valence-electron chi connectivity index (χ0n) is 9.46. The van der Waals surface area contributed by atoms with E-state index in [9.17, 15) is 0 Å². The van der Waals surface area contributed by atoms with Gasteiger partial charge in [-0.2, -0.15) is 0 Å². The van der Waals surface area contributed by atoms with Gasteiger partial charge in [0.15, 0.2) is 5.69 Å². The fraction of sp³-hybridized carbons (Fsp3) is 0. The van der Waals surface area contributed by atoms with Crippen LogP contribution in [0.5, 0.6) is 5.75 Å². The predicted molar refractivity (Wildman–Crippen MR) is 76.0 cm³/mol. The maximum absolute atomic E-state index is 6.94. The molecule has 88 valence electrons. The van der Waals surface area contributed by atoms with Gasteiger partial charge in [-0.3, -0.25) is 0 Å². The first-order valence-electron chi connectivity index (χ1n) is 5.29. The van der Waals surface area contributed by atoms with Crippen LogP contribution >= 0.6 is 12.2 Å². The first-order valence-corrected chi connectivity index (χ1v) is 5.70. The minimum atomic E-state index is 0.253. The Morgan fingerprint density at radius 3 is 2.61 bits per heavy atom. The lowest BCUT2D eigenvalue weighted by atomic mass is 10.3. The monoisotopic (exact) mass is 254 g/mol. The van der Waals surface area contributed by atoms with E-state index in [1.165, 1.54) is 0 Å². The lowest BCUT2D eigenvalue weighted by Crippen LogP contribution is -2.16. The van der Waals surface area contributed by atoms with E-state index in [2.05, 4.69) is 10.2 Å². The molecule has 18 heavy (non-hydrogen) atoms. The molecule has 0 radical (unpaired) electrons. The molecular weight excluding hydrogens is 244 g/mol. The number of nitrogens with one attached hydrogen (secondary N) is 1. The molecule has 0 aromatic heterocycles. The van der Waals surface area contributed by atoms with Crippen LogP contribution in [0.4, 0.5) is 11.4 Å². The minimum Gasteiger partial charge on any atom is -0.432 e. The number of benzene rings is 2. The van der Waals surface area contributed by atoms with Crippen LogP contribution in [0, 0.1) is 6.57 Å². The first kappa shape index (κ1) is 12.1. The van der Waals surface area contributed by atoms with E-state index >= 15 is 0 Å². The van der Waals surface area contributed by atoms with Gasteiger partial charge in [0.2, 0.25) is 0 Å². The molecule has 0 saturated carbocycles. The number of thiocarbonyl (C=S) groups is 1. The summed E-state index contributed by atoms with van der Waals surface area (Å²) in [5, 5.41) is 3.18. The average Bonchev–Trinajstić information content (AvgIpc) is 2.40. The fourth-order valence-corrected chi connectivity index (χ4v) is 1.61. The SMILES string of the molecule is [C-]#[N+]c1cccc(NC(=S)Oc2ccccc2)c1. The highest BCUT2D eigenvalue weighted by Gasteiger charge is 2.01. The summed E-state index contributed by atoms with van der Waals surface area (Å²) in [7, 11) is 0. The summed E-state index contributed by atoms with van der Waals surface area (Å²) in [6.07, 6.45) is 0. The van der Waals surface area contributed by atoms with E-state index in [1.807, 2.05) is 36.4 Å². The second kappa shape index (κ2) is 5.80. The predicted octanol–water partition coefficient (Wildman–Crippen LogP) is 4.01. The zero-order chi connectivity index (χ0) is 12.8. The second-order valence-electron chi connectivity index (χ2n) is 3.49. The third kappa shape index (κ3) is 3.30. The molecule has 2 aromatic carbocycles. The van der Waals surface area contributed by atoms with Crippen molar-refractivity contribution in [3.05, 3.63) is 66.0 Å². The quantitative estimate of drug-likeness (QED) is 0.647. The Kier molecular flexibility index (Phi) is 3.90. The summed E-state index contributed by atoms with van der Waals surface area (Å²) >= 11 is 5.09. The Hall–Kier alpha value is -2.38. The van der Waals surface area contributed by atoms with Gasteiger partial charge < -0.3 is 10.1 Å². The van der Waals surface area contributed by atoms with Gasteiger partial charge in [-0.25, -0.2) is 4.85 Å². The summed E-state index contributed by atoms with van der Waals surface area (Å²) in [5.74, 6) is 0.677. The van der Waals surface area contributed by atoms with Crippen LogP contribution in [0.25, 0.3) is 4.85 Å². The van der Waals surface area contributed by atoms with Crippen molar-refractivity contribution in [1.82, 2.24) is 0 Å². The topological polar surface area (TPSA) is 25.6 Å². The normalized spacial score (nSPS) is 9.28. The molecule has 1 N–H and O–H groups in total. The molecule has 0 spiro atoms. The summed E-state index contributed by atoms with van der Waals surface area (Å²) in [6.45, 7) is 6.94. The number of anilines is 1. The van der Waals surface area contributed by atoms with E-state index in [0.29, 0.717) is 11.4 Å². The third-order valence-corrected chi connectivity index (χ3v) is 2.36. The van der Waals surface area contributed by atoms with Crippen molar-refractivity contribution in [2.24, 2.45) is 0 Å². The number of para-hydroxylation sites is 1. The summed E-state index contributed by atoms with van der Waals surface area (Å²) < 4.78 is 5.43. The van der Waals surface area contributed by atoms with Crippen LogP contribution in [-0.2, 0) is 0 Å². The van der Waals surface area contributed by atoms with Crippen LogP contribution in [0.2, 0.25) is 0 Å². The fourth-order valence-electron chi connectivity index (χ4n) is 1.39. The number of rotatable bonds is 2. The van der Waals surface area contributed by atoms with Crippen molar-refractivity contribution in [3.8, 4) is 5.75 Å². The molecule has 2 aromatic rings. The first-order chi connectivity index (χ1) is 8.78. The molecule has 0 aliphatic heterocycles. The van der Waals surface area contributed by atoms with Crippen molar-refractivity contribution in [2.45, 2.75) is 0 Å². The molecule has 0 amide bonds. The number of hydrogen-bond acceptors (Lipinski definition) is 2. The molecule has 0 bridgehead atoms. The molecular formula is C14H10N2OS. The van der Waals surface area contributed by atoms with Gasteiger partial charge >= 0.3 is 0 Å². The molecule has 0 heterocycles. The van der Waals surface area contributed by atoms with Crippen LogP contribution in [0.15, 0.2) is 54.6 Å². The van der Waals surface area contributed by atoms with Gasteiger partial charge in [-0.15, -0.1) is 0 Å². The highest BCUT2D eigenvalue weighted by atomic mass is 32.1. The number of hydrogen-bond donors (Lipinski definition) is 1. The van der Waals surface area contributed by atoms with Crippen molar-refractivity contribution >= 4 is 28.8 Å². The molecule has 0 aliphatic carbocycles. The van der Waals surface area contributed by atoms with Gasteiger partial charge in [0.05, 0.1) is 6.57 Å². The molecule has 0 unspecified atom stereocenters. The van der Waals surface area contributed by atoms with Crippen LogP contribution < -0.4 is 10.1 Å². The lowest BCUT2D eigenvalue weighted by Gasteiger charge is -2.09. The average molecular weight is 254 g/mol. The molecule has 0 fully saturated rings. The maximum Gasteiger partial charge on any atom is 0.266 e. The van der Waals surface area contributed by atoms with Gasteiger partial charge in [-0.05, 0) is 36.5 Å². The Balaban J connectivity index is 2.01. The van der Waals surface area contributed by atoms with E-state index in [-0.39, 0.29) is 5.17 Å². The van der Waals surface area contributed by atoms with Crippen molar-refractivity contribution in [2.75, 3.05) is 5.32 Å². The molecule has 0 atom stereocenters. The van der Waals surface area contributed by atoms with E-state index in [1.54, 1.807) is 18.2 Å². The van der Waals surface area contributed by atoms with E-state index < -0.39 is 0 Å². The van der Waals surface area contributed by atoms with Crippen LogP contribution in [-0.4, -0.2) is 5.17 Å². The summed E-state index contributed by atoms with van der Waals surface area (Å²) in [4.78, 5) is 3.35. The standard InChI is InChI=1S/C14H10N2OS/c1-15-11-6-5-7-12(10-11)16-14(18)17-13-8-3-2-4-9-13/h2-10H,(H,16,18). The molecule has 0 aliphatic rings. The Labute approximate surface area is 111 Å². The molecule has 0 saturated heterocycles. The highest BCUT2D eigenvalue weighted by molar-refractivity contribution is 7.80. The Morgan fingerprint density at radius 2 is 1.89 bits per heavy atom. The Morgan fingerprint density at radius 1 is 1.11 bits per heavy atom. The Bertz CT molecular complexity index is 590. The van der Waals surface area contributed by atoms with Crippen LogP contribution in [0.1, 0.15) is 0 Å². The summed E-state index contributed by atoms with van der Waals surface area (Å²) in [5.41, 5.74) is 1.30. The van der Waals surface area contributed by atoms with E-state index in [4.69, 9.17) is 23.5 Å². The van der Waals surface area contributed by atoms with Gasteiger partial charge in [0, 0.05) is 5.69 Å². The second-order valence-corrected chi connectivity index (χ2v) is 3.86. The minimum absolute atomic E-state index is 0.253. The molecule has 4 heteroatoms.